The number of aryl methyl sites for hydroxylation is 1. The van der Waals surface area contributed by atoms with Crippen LogP contribution in [0.4, 0.5) is 0 Å². The Morgan fingerprint density at radius 1 is 0.818 bits per heavy atom. The minimum atomic E-state index is -3.76. The first-order valence-electron chi connectivity index (χ1n) is 11.2. The molecule has 1 N–H and O–H groups in total. The van der Waals surface area contributed by atoms with Crippen LogP contribution >= 0.6 is 0 Å². The summed E-state index contributed by atoms with van der Waals surface area (Å²) in [6.45, 7) is 3.27. The summed E-state index contributed by atoms with van der Waals surface area (Å²) in [5.41, 5.74) is 0. The average Bonchev–Trinajstić information content (AvgIpc) is 3.26. The number of hydrogen-bond donors (Lipinski definition) is 1. The van der Waals surface area contributed by atoms with Crippen molar-refractivity contribution in [3.8, 4) is 0 Å². The second kappa shape index (κ2) is 9.57. The monoisotopic (exact) mass is 495 g/mol. The second-order valence-electron chi connectivity index (χ2n) is 8.50. The quantitative estimate of drug-likeness (QED) is 0.657. The SMILES string of the molecule is Cc1ccc(C(=O)NC2CCN(S(=O)(=O)c3ccc(S(=O)(=O)N4CCCCC4)cc3)CC2)o1. The van der Waals surface area contributed by atoms with Gasteiger partial charge in [-0.1, -0.05) is 6.42 Å². The smallest absolute Gasteiger partial charge is 0.287 e. The highest BCUT2D eigenvalue weighted by atomic mass is 32.2. The van der Waals surface area contributed by atoms with Crippen molar-refractivity contribution in [1.82, 2.24) is 13.9 Å². The van der Waals surface area contributed by atoms with Crippen LogP contribution in [0.3, 0.4) is 0 Å². The molecular formula is C22H29N3O6S2. The van der Waals surface area contributed by atoms with Crippen LogP contribution in [-0.4, -0.2) is 63.6 Å². The van der Waals surface area contributed by atoms with Gasteiger partial charge in [0.05, 0.1) is 9.79 Å². The molecule has 1 amide bonds. The summed E-state index contributed by atoms with van der Waals surface area (Å²) >= 11 is 0. The van der Waals surface area contributed by atoms with E-state index in [0.29, 0.717) is 31.7 Å². The molecule has 2 aliphatic heterocycles. The zero-order chi connectivity index (χ0) is 23.6. The fraction of sp³-hybridized carbons (Fsp3) is 0.500. The minimum absolute atomic E-state index is 0.0636. The highest BCUT2D eigenvalue weighted by Gasteiger charge is 2.31. The third kappa shape index (κ3) is 5.16. The molecule has 0 unspecified atom stereocenters. The molecule has 2 fully saturated rings. The van der Waals surface area contributed by atoms with Crippen LogP contribution in [0.25, 0.3) is 0 Å². The number of amides is 1. The van der Waals surface area contributed by atoms with Crippen LogP contribution in [-0.2, 0) is 20.0 Å². The third-order valence-electron chi connectivity index (χ3n) is 6.17. The fourth-order valence-electron chi connectivity index (χ4n) is 4.24. The Kier molecular flexibility index (Phi) is 6.94. The summed E-state index contributed by atoms with van der Waals surface area (Å²) in [4.78, 5) is 12.4. The maximum Gasteiger partial charge on any atom is 0.287 e. The number of rotatable bonds is 6. The number of furan rings is 1. The molecule has 2 aliphatic rings. The molecule has 1 aromatic carbocycles. The summed E-state index contributed by atoms with van der Waals surface area (Å²) in [7, 11) is -7.37. The molecule has 3 heterocycles. The molecule has 0 atom stereocenters. The standard InChI is InChI=1S/C22H29N3O6S2/c1-17-5-10-21(31-17)22(26)23-18-11-15-25(16-12-18)33(29,30)20-8-6-19(7-9-20)32(27,28)24-13-3-2-4-14-24/h5-10,18H,2-4,11-16H2,1H3,(H,23,26). The Hall–Kier alpha value is -2.21. The van der Waals surface area contributed by atoms with E-state index >= 15 is 0 Å². The zero-order valence-corrected chi connectivity index (χ0v) is 20.2. The molecule has 0 bridgehead atoms. The van der Waals surface area contributed by atoms with E-state index in [2.05, 4.69) is 5.32 Å². The molecule has 2 saturated heterocycles. The molecule has 33 heavy (non-hydrogen) atoms. The van der Waals surface area contributed by atoms with Gasteiger partial charge in [-0.2, -0.15) is 8.61 Å². The fourth-order valence-corrected chi connectivity index (χ4v) is 7.23. The van der Waals surface area contributed by atoms with Crippen LogP contribution in [0, 0.1) is 6.92 Å². The van der Waals surface area contributed by atoms with Crippen molar-refractivity contribution in [3.63, 3.8) is 0 Å². The average molecular weight is 496 g/mol. The van der Waals surface area contributed by atoms with Crippen LogP contribution in [0.1, 0.15) is 48.4 Å². The third-order valence-corrected chi connectivity index (χ3v) is 9.99. The first-order valence-corrected chi connectivity index (χ1v) is 14.0. The molecule has 1 aromatic heterocycles. The summed E-state index contributed by atoms with van der Waals surface area (Å²) in [5.74, 6) is 0.577. The molecule has 2 aromatic rings. The molecule has 0 radical (unpaired) electrons. The van der Waals surface area contributed by atoms with E-state index in [1.54, 1.807) is 19.1 Å². The molecule has 0 spiro atoms. The predicted molar refractivity (Wildman–Crippen MR) is 122 cm³/mol. The number of carbonyl (C=O) groups is 1. The lowest BCUT2D eigenvalue weighted by molar-refractivity contribution is 0.0894. The summed E-state index contributed by atoms with van der Waals surface area (Å²) < 4.78 is 59.9. The molecular weight excluding hydrogens is 466 g/mol. The van der Waals surface area contributed by atoms with E-state index < -0.39 is 20.0 Å². The van der Waals surface area contributed by atoms with Crippen molar-refractivity contribution in [2.75, 3.05) is 26.2 Å². The van der Waals surface area contributed by atoms with Gasteiger partial charge in [-0.3, -0.25) is 4.79 Å². The lowest BCUT2D eigenvalue weighted by Gasteiger charge is -2.31. The number of piperidine rings is 2. The molecule has 0 aliphatic carbocycles. The van der Waals surface area contributed by atoms with Crippen molar-refractivity contribution in [3.05, 3.63) is 47.9 Å². The van der Waals surface area contributed by atoms with Gasteiger partial charge in [-0.15, -0.1) is 0 Å². The number of sulfonamides is 2. The largest absolute Gasteiger partial charge is 0.456 e. The van der Waals surface area contributed by atoms with Crippen molar-refractivity contribution in [2.24, 2.45) is 0 Å². The van der Waals surface area contributed by atoms with Gasteiger partial charge in [-0.05, 0) is 69.0 Å². The Morgan fingerprint density at radius 2 is 1.33 bits per heavy atom. The summed E-state index contributed by atoms with van der Waals surface area (Å²) in [5, 5.41) is 2.89. The Labute approximate surface area is 194 Å². The maximum absolute atomic E-state index is 13.1. The van der Waals surface area contributed by atoms with Gasteiger partial charge < -0.3 is 9.73 Å². The van der Waals surface area contributed by atoms with E-state index in [1.807, 2.05) is 0 Å². The predicted octanol–water partition coefficient (Wildman–Crippen LogP) is 2.35. The van der Waals surface area contributed by atoms with Gasteiger partial charge in [0.25, 0.3) is 5.91 Å². The van der Waals surface area contributed by atoms with Crippen LogP contribution in [0.15, 0.2) is 50.6 Å². The van der Waals surface area contributed by atoms with Crippen molar-refractivity contribution in [1.29, 1.82) is 0 Å². The maximum atomic E-state index is 13.1. The van der Waals surface area contributed by atoms with Crippen molar-refractivity contribution >= 4 is 26.0 Å². The number of nitrogens with zero attached hydrogens (tertiary/aromatic N) is 2. The van der Waals surface area contributed by atoms with Crippen LogP contribution in [0.2, 0.25) is 0 Å². The second-order valence-corrected chi connectivity index (χ2v) is 12.4. The number of carbonyl (C=O) groups excluding carboxylic acids is 1. The number of hydrogen-bond acceptors (Lipinski definition) is 6. The Bertz CT molecular complexity index is 1190. The van der Waals surface area contributed by atoms with E-state index in [1.165, 1.54) is 32.9 Å². The van der Waals surface area contributed by atoms with E-state index in [9.17, 15) is 21.6 Å². The topological polar surface area (TPSA) is 117 Å². The first-order chi connectivity index (χ1) is 15.7. The van der Waals surface area contributed by atoms with Gasteiger partial charge in [0.2, 0.25) is 20.0 Å². The minimum Gasteiger partial charge on any atom is -0.456 e. The molecule has 11 heteroatoms. The number of benzene rings is 1. The molecule has 0 saturated carbocycles. The normalized spacial score (nSPS) is 19.4. The van der Waals surface area contributed by atoms with E-state index in [4.69, 9.17) is 4.42 Å². The van der Waals surface area contributed by atoms with Crippen LogP contribution in [0.5, 0.6) is 0 Å². The van der Waals surface area contributed by atoms with Crippen molar-refractivity contribution in [2.45, 2.75) is 54.9 Å². The highest BCUT2D eigenvalue weighted by molar-refractivity contribution is 7.89. The Morgan fingerprint density at radius 3 is 1.82 bits per heavy atom. The van der Waals surface area contributed by atoms with E-state index in [-0.39, 0.29) is 40.6 Å². The summed E-state index contributed by atoms with van der Waals surface area (Å²) in [6, 6.07) is 8.64. The summed E-state index contributed by atoms with van der Waals surface area (Å²) in [6.07, 6.45) is 3.65. The zero-order valence-electron chi connectivity index (χ0n) is 18.6. The van der Waals surface area contributed by atoms with E-state index in [0.717, 1.165) is 19.3 Å². The van der Waals surface area contributed by atoms with Gasteiger partial charge in [-0.25, -0.2) is 16.8 Å². The lowest BCUT2D eigenvalue weighted by Crippen LogP contribution is -2.46. The van der Waals surface area contributed by atoms with Gasteiger partial charge in [0.15, 0.2) is 5.76 Å². The number of nitrogens with one attached hydrogen (secondary N) is 1. The molecule has 180 valence electrons. The first kappa shape index (κ1) is 23.9. The van der Waals surface area contributed by atoms with Gasteiger partial charge in [0, 0.05) is 32.2 Å². The molecule has 4 rings (SSSR count). The molecule has 9 nitrogen and oxygen atoms in total. The lowest BCUT2D eigenvalue weighted by atomic mass is 10.1. The van der Waals surface area contributed by atoms with Crippen LogP contribution < -0.4 is 5.32 Å². The van der Waals surface area contributed by atoms with Gasteiger partial charge >= 0.3 is 0 Å². The van der Waals surface area contributed by atoms with Crippen molar-refractivity contribution < 1.29 is 26.0 Å². The van der Waals surface area contributed by atoms with Gasteiger partial charge in [0.1, 0.15) is 5.76 Å². The highest BCUT2D eigenvalue weighted by Crippen LogP contribution is 2.25. The Balaban J connectivity index is 1.38.